The van der Waals surface area contributed by atoms with Gasteiger partial charge in [0.2, 0.25) is 0 Å². The molecule has 0 aliphatic carbocycles. The van der Waals surface area contributed by atoms with E-state index < -0.39 is 5.91 Å². The Morgan fingerprint density at radius 1 is 1.17 bits per heavy atom. The highest BCUT2D eigenvalue weighted by Gasteiger charge is 2.16. The minimum atomic E-state index is -0.492. The van der Waals surface area contributed by atoms with Crippen LogP contribution in [0.4, 0.5) is 5.69 Å². The summed E-state index contributed by atoms with van der Waals surface area (Å²) in [5.41, 5.74) is 0.0291. The summed E-state index contributed by atoms with van der Waals surface area (Å²) in [6, 6.07) is 6.77. The van der Waals surface area contributed by atoms with Crippen molar-refractivity contribution in [2.24, 2.45) is 10.2 Å². The Hall–Kier alpha value is -1.95. The van der Waals surface area contributed by atoms with Crippen LogP contribution < -0.4 is 0 Å². The van der Waals surface area contributed by atoms with Crippen LogP contribution in [0.3, 0.4) is 0 Å². The number of phenols is 2. The highest BCUT2D eigenvalue weighted by molar-refractivity contribution is 9.10. The number of amides is 1. The number of benzene rings is 2. The second-order valence-electron chi connectivity index (χ2n) is 3.62. The average Bonchev–Trinajstić information content (AvgIpc) is 2.36. The summed E-state index contributed by atoms with van der Waals surface area (Å²) in [5, 5.41) is 28.0. The van der Waals surface area contributed by atoms with Gasteiger partial charge in [0.1, 0.15) is 11.4 Å². The SMILES string of the molecule is CC(=O)N=Nc1c(Br)c(O)c2ccccc2c1O. The van der Waals surface area contributed by atoms with Crippen LogP contribution in [-0.4, -0.2) is 16.1 Å². The number of fused-ring (bicyclic) bond motifs is 1. The van der Waals surface area contributed by atoms with E-state index in [9.17, 15) is 15.0 Å². The molecule has 0 aromatic heterocycles. The third-order valence-electron chi connectivity index (χ3n) is 2.37. The second kappa shape index (κ2) is 4.73. The van der Waals surface area contributed by atoms with E-state index in [4.69, 9.17) is 0 Å². The lowest BCUT2D eigenvalue weighted by molar-refractivity contribution is -0.116. The Morgan fingerprint density at radius 3 is 2.28 bits per heavy atom. The zero-order chi connectivity index (χ0) is 13.3. The molecule has 0 heterocycles. The van der Waals surface area contributed by atoms with E-state index in [1.54, 1.807) is 24.3 Å². The van der Waals surface area contributed by atoms with Crippen LogP contribution in [0.25, 0.3) is 10.8 Å². The number of hydrogen-bond donors (Lipinski definition) is 2. The Labute approximate surface area is 111 Å². The van der Waals surface area contributed by atoms with E-state index in [2.05, 4.69) is 26.2 Å². The Kier molecular flexibility index (Phi) is 3.29. The third kappa shape index (κ3) is 2.06. The maximum absolute atomic E-state index is 10.8. The number of aromatic hydroxyl groups is 2. The van der Waals surface area contributed by atoms with Gasteiger partial charge >= 0.3 is 0 Å². The molecule has 0 radical (unpaired) electrons. The first-order valence-corrected chi connectivity index (χ1v) is 5.86. The summed E-state index contributed by atoms with van der Waals surface area (Å²) in [6.45, 7) is 1.25. The highest BCUT2D eigenvalue weighted by atomic mass is 79.9. The van der Waals surface area contributed by atoms with Crippen molar-refractivity contribution in [3.63, 3.8) is 0 Å². The lowest BCUT2D eigenvalue weighted by Crippen LogP contribution is -1.82. The Balaban J connectivity index is 2.78. The number of azo groups is 1. The first kappa shape index (κ1) is 12.5. The minimum absolute atomic E-state index is 0.0291. The minimum Gasteiger partial charge on any atom is -0.506 e. The van der Waals surface area contributed by atoms with Crippen LogP contribution in [0.2, 0.25) is 0 Å². The number of carbonyl (C=O) groups is 1. The van der Waals surface area contributed by atoms with Gasteiger partial charge in [0, 0.05) is 17.7 Å². The van der Waals surface area contributed by atoms with Gasteiger partial charge in [0.25, 0.3) is 5.91 Å². The topological polar surface area (TPSA) is 82.2 Å². The number of hydrogen-bond acceptors (Lipinski definition) is 4. The van der Waals surface area contributed by atoms with Crippen LogP contribution in [0.15, 0.2) is 39.0 Å². The van der Waals surface area contributed by atoms with Crippen LogP contribution in [0.5, 0.6) is 11.5 Å². The van der Waals surface area contributed by atoms with E-state index in [0.717, 1.165) is 0 Å². The summed E-state index contributed by atoms with van der Waals surface area (Å²) in [5.74, 6) is -0.685. The van der Waals surface area contributed by atoms with Crippen LogP contribution in [-0.2, 0) is 4.79 Å². The predicted molar refractivity (Wildman–Crippen MR) is 70.2 cm³/mol. The molecule has 0 fully saturated rings. The molecule has 0 atom stereocenters. The van der Waals surface area contributed by atoms with Crippen molar-refractivity contribution in [1.82, 2.24) is 0 Å². The summed E-state index contributed by atoms with van der Waals surface area (Å²) < 4.78 is 0.198. The van der Waals surface area contributed by atoms with E-state index in [-0.39, 0.29) is 21.7 Å². The number of phenolic OH excluding ortho intramolecular Hbond substituents is 2. The van der Waals surface area contributed by atoms with E-state index in [0.29, 0.717) is 10.8 Å². The number of rotatable bonds is 1. The number of halogens is 1. The van der Waals surface area contributed by atoms with E-state index in [1.165, 1.54) is 6.92 Å². The zero-order valence-electron chi connectivity index (χ0n) is 9.38. The van der Waals surface area contributed by atoms with Gasteiger partial charge < -0.3 is 10.2 Å². The van der Waals surface area contributed by atoms with Gasteiger partial charge in [0.15, 0.2) is 5.75 Å². The molecule has 0 saturated carbocycles. The fourth-order valence-corrected chi connectivity index (χ4v) is 2.05. The molecule has 0 saturated heterocycles. The molecule has 0 aliphatic rings. The Bertz CT molecular complexity index is 668. The summed E-state index contributed by atoms with van der Waals surface area (Å²) in [7, 11) is 0. The van der Waals surface area contributed by atoms with E-state index in [1.807, 2.05) is 0 Å². The quantitative estimate of drug-likeness (QED) is 0.623. The van der Waals surface area contributed by atoms with Gasteiger partial charge in [-0.25, -0.2) is 0 Å². The molecule has 2 N–H and O–H groups in total. The maximum Gasteiger partial charge on any atom is 0.261 e. The molecule has 2 aromatic carbocycles. The van der Waals surface area contributed by atoms with Crippen molar-refractivity contribution in [1.29, 1.82) is 0 Å². The summed E-state index contributed by atoms with van der Waals surface area (Å²) in [4.78, 5) is 10.8. The second-order valence-corrected chi connectivity index (χ2v) is 4.42. The van der Waals surface area contributed by atoms with Gasteiger partial charge in [0.05, 0.1) is 4.47 Å². The van der Waals surface area contributed by atoms with Gasteiger partial charge in [-0.1, -0.05) is 24.3 Å². The molecular formula is C12H9BrN2O3. The third-order valence-corrected chi connectivity index (χ3v) is 3.12. The smallest absolute Gasteiger partial charge is 0.261 e. The van der Waals surface area contributed by atoms with Crippen LogP contribution in [0, 0.1) is 0 Å². The van der Waals surface area contributed by atoms with Crippen molar-refractivity contribution in [3.05, 3.63) is 28.7 Å². The molecule has 1 amide bonds. The first-order valence-electron chi connectivity index (χ1n) is 5.06. The van der Waals surface area contributed by atoms with Crippen molar-refractivity contribution < 1.29 is 15.0 Å². The van der Waals surface area contributed by atoms with Crippen LogP contribution >= 0.6 is 15.9 Å². The van der Waals surface area contributed by atoms with Gasteiger partial charge in [-0.3, -0.25) is 4.79 Å². The molecule has 5 nitrogen and oxygen atoms in total. The fraction of sp³-hybridized carbons (Fsp3) is 0.0833. The highest BCUT2D eigenvalue weighted by Crippen LogP contribution is 2.47. The van der Waals surface area contributed by atoms with Gasteiger partial charge in [-0.05, 0) is 15.9 Å². The summed E-state index contributed by atoms with van der Waals surface area (Å²) >= 11 is 3.13. The van der Waals surface area contributed by atoms with Gasteiger partial charge in [-0.15, -0.1) is 10.2 Å². The monoisotopic (exact) mass is 308 g/mol. The van der Waals surface area contributed by atoms with Crippen molar-refractivity contribution >= 4 is 38.3 Å². The zero-order valence-corrected chi connectivity index (χ0v) is 11.0. The molecule has 0 bridgehead atoms. The van der Waals surface area contributed by atoms with Crippen molar-refractivity contribution in [3.8, 4) is 11.5 Å². The van der Waals surface area contributed by atoms with Crippen molar-refractivity contribution in [2.75, 3.05) is 0 Å². The molecule has 2 rings (SSSR count). The van der Waals surface area contributed by atoms with Crippen molar-refractivity contribution in [2.45, 2.75) is 6.92 Å². The number of carbonyl (C=O) groups excluding carboxylic acids is 1. The largest absolute Gasteiger partial charge is 0.506 e. The normalized spacial score (nSPS) is 11.2. The average molecular weight is 309 g/mol. The molecule has 6 heteroatoms. The standard InChI is InChI=1S/C12H9BrN2O3/c1-6(16)14-15-10-9(13)11(17)7-4-2-3-5-8(7)12(10)18/h2-5,17-18H,1H3. The Morgan fingerprint density at radius 2 is 1.72 bits per heavy atom. The molecule has 0 spiro atoms. The molecule has 0 aliphatic heterocycles. The lowest BCUT2D eigenvalue weighted by Gasteiger charge is -2.08. The fourth-order valence-electron chi connectivity index (χ4n) is 1.57. The molecule has 2 aromatic rings. The lowest BCUT2D eigenvalue weighted by atomic mass is 10.1. The maximum atomic E-state index is 10.8. The first-order chi connectivity index (χ1) is 8.52. The van der Waals surface area contributed by atoms with Crippen LogP contribution in [0.1, 0.15) is 6.92 Å². The predicted octanol–water partition coefficient (Wildman–Crippen LogP) is 3.64. The summed E-state index contributed by atoms with van der Waals surface area (Å²) in [6.07, 6.45) is 0. The molecule has 92 valence electrons. The number of nitrogens with zero attached hydrogens (tertiary/aromatic N) is 2. The molecular weight excluding hydrogens is 300 g/mol. The molecule has 18 heavy (non-hydrogen) atoms. The van der Waals surface area contributed by atoms with Gasteiger partial charge in [-0.2, -0.15) is 0 Å². The van der Waals surface area contributed by atoms with E-state index >= 15 is 0 Å². The molecule has 0 unspecified atom stereocenters.